The maximum Gasteiger partial charge on any atom is 0.238 e. The summed E-state index contributed by atoms with van der Waals surface area (Å²) < 4.78 is 0. The molecule has 2 heterocycles. The van der Waals surface area contributed by atoms with Gasteiger partial charge in [-0.1, -0.05) is 18.2 Å². The normalized spacial score (nSPS) is 18.7. The van der Waals surface area contributed by atoms with E-state index in [0.29, 0.717) is 19.5 Å². The fourth-order valence-corrected chi connectivity index (χ4v) is 3.59. The van der Waals surface area contributed by atoms with E-state index in [1.54, 1.807) is 7.05 Å². The van der Waals surface area contributed by atoms with Crippen molar-refractivity contribution in [2.24, 2.45) is 0 Å². The topological polar surface area (TPSA) is 68.4 Å². The number of hydrogen-bond acceptors (Lipinski definition) is 3. The van der Waals surface area contributed by atoms with Gasteiger partial charge in [-0.05, 0) is 25.5 Å². The Labute approximate surface area is 148 Å². The molecule has 134 valence electrons. The second-order valence-electron chi connectivity index (χ2n) is 6.84. The summed E-state index contributed by atoms with van der Waals surface area (Å²) >= 11 is 0. The van der Waals surface area contributed by atoms with Gasteiger partial charge in [-0.25, -0.2) is 0 Å². The molecule has 2 amide bonds. The van der Waals surface area contributed by atoms with Crippen LogP contribution in [-0.4, -0.2) is 65.4 Å². The van der Waals surface area contributed by atoms with E-state index in [1.807, 2.05) is 35.4 Å². The number of likely N-dealkylation sites (N-methyl/N-ethyl adjacent to an activating group) is 1. The number of piperazine rings is 1. The highest BCUT2D eigenvalue weighted by Crippen LogP contribution is 2.20. The number of hydrogen-bond donors (Lipinski definition) is 2. The van der Waals surface area contributed by atoms with Crippen LogP contribution in [0.15, 0.2) is 30.5 Å². The maximum atomic E-state index is 12.8. The number of H-pyrrole nitrogens is 1. The van der Waals surface area contributed by atoms with E-state index >= 15 is 0 Å². The lowest BCUT2D eigenvalue weighted by atomic mass is 10.1. The standard InChI is InChI=1S/C19H26N4O2/c1-13(2)23-9-8-22(12-17(23)19(25)20-3)18(24)10-14-11-21-16-7-5-4-6-15(14)16/h4-7,11,13,17,21H,8-10,12H2,1-3H3,(H,20,25)/t17-/m1/s1. The van der Waals surface area contributed by atoms with Crippen molar-refractivity contribution in [3.63, 3.8) is 0 Å². The zero-order chi connectivity index (χ0) is 18.0. The minimum atomic E-state index is -0.286. The summed E-state index contributed by atoms with van der Waals surface area (Å²) in [5, 5.41) is 3.81. The van der Waals surface area contributed by atoms with E-state index in [1.165, 1.54) is 0 Å². The van der Waals surface area contributed by atoms with Gasteiger partial charge < -0.3 is 15.2 Å². The van der Waals surface area contributed by atoms with Crippen LogP contribution in [0.1, 0.15) is 19.4 Å². The summed E-state index contributed by atoms with van der Waals surface area (Å²) in [6.07, 6.45) is 2.26. The third-order valence-electron chi connectivity index (χ3n) is 5.00. The predicted molar refractivity (Wildman–Crippen MR) is 98.3 cm³/mol. The van der Waals surface area contributed by atoms with E-state index in [-0.39, 0.29) is 23.9 Å². The molecule has 3 rings (SSSR count). The Morgan fingerprint density at radius 3 is 2.76 bits per heavy atom. The molecular formula is C19H26N4O2. The Hall–Kier alpha value is -2.34. The molecule has 1 fully saturated rings. The Balaban J connectivity index is 1.73. The van der Waals surface area contributed by atoms with E-state index in [9.17, 15) is 9.59 Å². The van der Waals surface area contributed by atoms with Crippen molar-refractivity contribution in [1.29, 1.82) is 0 Å². The lowest BCUT2D eigenvalue weighted by Gasteiger charge is -2.42. The number of fused-ring (bicyclic) bond motifs is 1. The van der Waals surface area contributed by atoms with Gasteiger partial charge in [0.1, 0.15) is 6.04 Å². The number of carbonyl (C=O) groups is 2. The monoisotopic (exact) mass is 342 g/mol. The Morgan fingerprint density at radius 1 is 1.28 bits per heavy atom. The van der Waals surface area contributed by atoms with E-state index in [4.69, 9.17) is 0 Å². The van der Waals surface area contributed by atoms with Gasteiger partial charge >= 0.3 is 0 Å². The van der Waals surface area contributed by atoms with Crippen LogP contribution in [0, 0.1) is 0 Å². The van der Waals surface area contributed by atoms with Crippen LogP contribution < -0.4 is 5.32 Å². The summed E-state index contributed by atoms with van der Waals surface area (Å²) in [6, 6.07) is 7.97. The average Bonchev–Trinajstić information content (AvgIpc) is 3.03. The first-order chi connectivity index (χ1) is 12.0. The number of aromatic nitrogens is 1. The molecule has 0 saturated carbocycles. The molecule has 0 spiro atoms. The molecule has 2 N–H and O–H groups in total. The number of aromatic amines is 1. The molecule has 1 saturated heterocycles. The maximum absolute atomic E-state index is 12.8. The lowest BCUT2D eigenvalue weighted by Crippen LogP contribution is -2.61. The third kappa shape index (κ3) is 3.54. The number of benzene rings is 1. The average molecular weight is 342 g/mol. The fraction of sp³-hybridized carbons (Fsp3) is 0.474. The molecule has 1 aliphatic rings. The van der Waals surface area contributed by atoms with E-state index in [0.717, 1.165) is 23.0 Å². The van der Waals surface area contributed by atoms with Gasteiger partial charge in [0.05, 0.1) is 6.42 Å². The summed E-state index contributed by atoms with van der Waals surface area (Å²) in [5.74, 6) is 0.0420. The molecule has 6 nitrogen and oxygen atoms in total. The first kappa shape index (κ1) is 17.5. The number of rotatable bonds is 4. The van der Waals surface area contributed by atoms with Crippen LogP contribution >= 0.6 is 0 Å². The second-order valence-corrected chi connectivity index (χ2v) is 6.84. The molecule has 0 aliphatic carbocycles. The molecule has 2 aromatic rings. The van der Waals surface area contributed by atoms with Gasteiger partial charge in [-0.2, -0.15) is 0 Å². The molecule has 0 unspecified atom stereocenters. The zero-order valence-electron chi connectivity index (χ0n) is 15.1. The number of nitrogens with one attached hydrogen (secondary N) is 2. The molecule has 0 bridgehead atoms. The largest absolute Gasteiger partial charge is 0.361 e. The summed E-state index contributed by atoms with van der Waals surface area (Å²) in [7, 11) is 1.65. The first-order valence-corrected chi connectivity index (χ1v) is 8.81. The quantitative estimate of drug-likeness (QED) is 0.882. The smallest absolute Gasteiger partial charge is 0.238 e. The highest BCUT2D eigenvalue weighted by atomic mass is 16.2. The molecular weight excluding hydrogens is 316 g/mol. The van der Waals surface area contributed by atoms with Crippen LogP contribution in [0.25, 0.3) is 10.9 Å². The van der Waals surface area contributed by atoms with Crippen LogP contribution in [0.4, 0.5) is 0 Å². The van der Waals surface area contributed by atoms with Crippen LogP contribution in [-0.2, 0) is 16.0 Å². The van der Waals surface area contributed by atoms with Gasteiger partial charge in [-0.3, -0.25) is 14.5 Å². The molecule has 0 radical (unpaired) electrons. The van der Waals surface area contributed by atoms with Crippen LogP contribution in [0.3, 0.4) is 0 Å². The van der Waals surface area contributed by atoms with Crippen molar-refractivity contribution in [2.45, 2.75) is 32.4 Å². The van der Waals surface area contributed by atoms with Gasteiger partial charge in [0.2, 0.25) is 11.8 Å². The highest BCUT2D eigenvalue weighted by molar-refractivity contribution is 5.89. The summed E-state index contributed by atoms with van der Waals surface area (Å²) in [6.45, 7) is 5.99. The zero-order valence-corrected chi connectivity index (χ0v) is 15.1. The molecule has 25 heavy (non-hydrogen) atoms. The van der Waals surface area contributed by atoms with Crippen molar-refractivity contribution < 1.29 is 9.59 Å². The Bertz CT molecular complexity index is 768. The van der Waals surface area contributed by atoms with Gasteiger partial charge in [0.25, 0.3) is 0 Å². The molecule has 1 aromatic carbocycles. The molecule has 1 aromatic heterocycles. The van der Waals surface area contributed by atoms with Gasteiger partial charge in [-0.15, -0.1) is 0 Å². The van der Waals surface area contributed by atoms with Crippen molar-refractivity contribution in [2.75, 3.05) is 26.7 Å². The third-order valence-corrected chi connectivity index (χ3v) is 5.00. The minimum absolute atomic E-state index is 0.0294. The number of para-hydroxylation sites is 1. The summed E-state index contributed by atoms with van der Waals surface area (Å²) in [4.78, 5) is 32.2. The Morgan fingerprint density at radius 2 is 2.04 bits per heavy atom. The van der Waals surface area contributed by atoms with Crippen molar-refractivity contribution in [3.8, 4) is 0 Å². The van der Waals surface area contributed by atoms with Crippen LogP contribution in [0.5, 0.6) is 0 Å². The first-order valence-electron chi connectivity index (χ1n) is 8.81. The van der Waals surface area contributed by atoms with Crippen molar-refractivity contribution in [1.82, 2.24) is 20.1 Å². The van der Waals surface area contributed by atoms with E-state index in [2.05, 4.69) is 29.0 Å². The SMILES string of the molecule is CNC(=O)[C@H]1CN(C(=O)Cc2c[nH]c3ccccc23)CCN1C(C)C. The van der Waals surface area contributed by atoms with Crippen LogP contribution in [0.2, 0.25) is 0 Å². The molecule has 1 atom stereocenters. The highest BCUT2D eigenvalue weighted by Gasteiger charge is 2.35. The second kappa shape index (κ2) is 7.27. The minimum Gasteiger partial charge on any atom is -0.361 e. The van der Waals surface area contributed by atoms with Gasteiger partial charge in [0, 0.05) is 49.8 Å². The lowest BCUT2D eigenvalue weighted by molar-refractivity contribution is -0.138. The van der Waals surface area contributed by atoms with E-state index < -0.39 is 0 Å². The summed E-state index contributed by atoms with van der Waals surface area (Å²) in [5.41, 5.74) is 2.04. The number of nitrogens with zero attached hydrogens (tertiary/aromatic N) is 2. The number of carbonyl (C=O) groups excluding carboxylic acids is 2. The van der Waals surface area contributed by atoms with Gasteiger partial charge in [0.15, 0.2) is 0 Å². The predicted octanol–water partition coefficient (Wildman–Crippen LogP) is 1.38. The number of amides is 2. The Kier molecular flexibility index (Phi) is 5.08. The fourth-order valence-electron chi connectivity index (χ4n) is 3.59. The van der Waals surface area contributed by atoms with Crippen molar-refractivity contribution >= 4 is 22.7 Å². The van der Waals surface area contributed by atoms with Crippen molar-refractivity contribution in [3.05, 3.63) is 36.0 Å². The molecule has 6 heteroatoms. The molecule has 1 aliphatic heterocycles.